The van der Waals surface area contributed by atoms with E-state index < -0.39 is 0 Å². The molecule has 0 radical (unpaired) electrons. The minimum atomic E-state index is 0.566. The van der Waals surface area contributed by atoms with Crippen molar-refractivity contribution in [3.63, 3.8) is 0 Å². The SMILES string of the molecule is CNCCCC(C)n1ccnc1C. The number of aromatic nitrogens is 2. The molecule has 1 atom stereocenters. The summed E-state index contributed by atoms with van der Waals surface area (Å²) in [7, 11) is 1.99. The quantitative estimate of drug-likeness (QED) is 0.701. The van der Waals surface area contributed by atoms with Gasteiger partial charge < -0.3 is 9.88 Å². The van der Waals surface area contributed by atoms with E-state index >= 15 is 0 Å². The van der Waals surface area contributed by atoms with Crippen molar-refractivity contribution in [2.75, 3.05) is 13.6 Å². The molecule has 1 heterocycles. The summed E-state index contributed by atoms with van der Waals surface area (Å²) in [6.45, 7) is 5.39. The molecule has 0 aliphatic rings. The van der Waals surface area contributed by atoms with Crippen LogP contribution in [0.4, 0.5) is 0 Å². The van der Waals surface area contributed by atoms with Gasteiger partial charge in [0, 0.05) is 18.4 Å². The smallest absolute Gasteiger partial charge is 0.105 e. The summed E-state index contributed by atoms with van der Waals surface area (Å²) < 4.78 is 2.23. The summed E-state index contributed by atoms with van der Waals surface area (Å²) in [6, 6.07) is 0.566. The van der Waals surface area contributed by atoms with E-state index in [1.54, 1.807) is 0 Å². The molecule has 0 saturated heterocycles. The Balaban J connectivity index is 2.39. The number of imidazole rings is 1. The van der Waals surface area contributed by atoms with Crippen LogP contribution in [0.1, 0.15) is 31.6 Å². The maximum absolute atomic E-state index is 4.21. The maximum atomic E-state index is 4.21. The summed E-state index contributed by atoms with van der Waals surface area (Å²) >= 11 is 0. The summed E-state index contributed by atoms with van der Waals surface area (Å²) in [6.07, 6.45) is 6.34. The van der Waals surface area contributed by atoms with Crippen LogP contribution in [0.5, 0.6) is 0 Å². The maximum Gasteiger partial charge on any atom is 0.105 e. The lowest BCUT2D eigenvalue weighted by Gasteiger charge is -2.14. The van der Waals surface area contributed by atoms with E-state index in [0.717, 1.165) is 12.4 Å². The molecule has 0 aliphatic heterocycles. The van der Waals surface area contributed by atoms with Crippen molar-refractivity contribution in [2.45, 2.75) is 32.7 Å². The van der Waals surface area contributed by atoms with E-state index in [9.17, 15) is 0 Å². The molecule has 3 heteroatoms. The topological polar surface area (TPSA) is 29.9 Å². The van der Waals surface area contributed by atoms with Gasteiger partial charge in [-0.2, -0.15) is 0 Å². The first kappa shape index (κ1) is 10.3. The summed E-state index contributed by atoms with van der Waals surface area (Å²) in [4.78, 5) is 4.21. The Kier molecular flexibility index (Phi) is 3.96. The van der Waals surface area contributed by atoms with Gasteiger partial charge in [-0.1, -0.05) is 0 Å². The van der Waals surface area contributed by atoms with Crippen LogP contribution in [-0.4, -0.2) is 23.1 Å². The fourth-order valence-electron chi connectivity index (χ4n) is 1.57. The molecule has 1 aromatic heterocycles. The van der Waals surface area contributed by atoms with Crippen LogP contribution >= 0.6 is 0 Å². The first-order valence-corrected chi connectivity index (χ1v) is 4.89. The third kappa shape index (κ3) is 2.84. The normalized spacial score (nSPS) is 13.2. The lowest BCUT2D eigenvalue weighted by Crippen LogP contribution is -2.11. The number of hydrogen-bond acceptors (Lipinski definition) is 2. The number of hydrogen-bond donors (Lipinski definition) is 1. The monoisotopic (exact) mass is 181 g/mol. The summed E-state index contributed by atoms with van der Waals surface area (Å²) in [5.41, 5.74) is 0. The van der Waals surface area contributed by atoms with Crippen molar-refractivity contribution in [3.05, 3.63) is 18.2 Å². The summed E-state index contributed by atoms with van der Waals surface area (Å²) in [5, 5.41) is 3.16. The van der Waals surface area contributed by atoms with Crippen LogP contribution < -0.4 is 5.32 Å². The summed E-state index contributed by atoms with van der Waals surface area (Å²) in [5.74, 6) is 1.11. The Hall–Kier alpha value is -0.830. The fraction of sp³-hybridized carbons (Fsp3) is 0.700. The van der Waals surface area contributed by atoms with Crippen LogP contribution in [0, 0.1) is 6.92 Å². The predicted molar refractivity (Wildman–Crippen MR) is 54.8 cm³/mol. The third-order valence-electron chi connectivity index (χ3n) is 2.39. The number of nitrogens with zero attached hydrogens (tertiary/aromatic N) is 2. The minimum absolute atomic E-state index is 0.566. The number of nitrogens with one attached hydrogen (secondary N) is 1. The van der Waals surface area contributed by atoms with Crippen molar-refractivity contribution >= 4 is 0 Å². The molecule has 0 saturated carbocycles. The fourth-order valence-corrected chi connectivity index (χ4v) is 1.57. The molecular weight excluding hydrogens is 162 g/mol. The van der Waals surface area contributed by atoms with Gasteiger partial charge in [0.25, 0.3) is 0 Å². The molecule has 3 nitrogen and oxygen atoms in total. The van der Waals surface area contributed by atoms with Crippen molar-refractivity contribution in [3.8, 4) is 0 Å². The second kappa shape index (κ2) is 5.02. The Bertz CT molecular complexity index is 242. The van der Waals surface area contributed by atoms with Gasteiger partial charge in [-0.25, -0.2) is 4.98 Å². The Morgan fingerprint density at radius 3 is 2.92 bits per heavy atom. The molecule has 74 valence electrons. The van der Waals surface area contributed by atoms with E-state index in [2.05, 4.69) is 34.9 Å². The Labute approximate surface area is 80.2 Å². The zero-order chi connectivity index (χ0) is 9.68. The van der Waals surface area contributed by atoms with Crippen molar-refractivity contribution in [2.24, 2.45) is 0 Å². The van der Waals surface area contributed by atoms with E-state index in [-0.39, 0.29) is 0 Å². The van der Waals surface area contributed by atoms with Crippen molar-refractivity contribution in [1.29, 1.82) is 0 Å². The lowest BCUT2D eigenvalue weighted by atomic mass is 10.2. The molecule has 0 spiro atoms. The van der Waals surface area contributed by atoms with Gasteiger partial charge in [-0.05, 0) is 40.3 Å². The molecule has 1 unspecified atom stereocenters. The highest BCUT2D eigenvalue weighted by Crippen LogP contribution is 2.13. The van der Waals surface area contributed by atoms with Crippen LogP contribution in [-0.2, 0) is 0 Å². The van der Waals surface area contributed by atoms with E-state index in [1.807, 2.05) is 13.2 Å². The first-order valence-electron chi connectivity index (χ1n) is 4.89. The van der Waals surface area contributed by atoms with Gasteiger partial charge in [-0.15, -0.1) is 0 Å². The molecule has 1 aromatic rings. The molecule has 13 heavy (non-hydrogen) atoms. The molecule has 1 rings (SSSR count). The predicted octanol–water partition coefficient (Wildman–Crippen LogP) is 1.75. The largest absolute Gasteiger partial charge is 0.332 e. The highest BCUT2D eigenvalue weighted by Gasteiger charge is 2.05. The van der Waals surface area contributed by atoms with E-state index in [4.69, 9.17) is 0 Å². The van der Waals surface area contributed by atoms with Crippen molar-refractivity contribution in [1.82, 2.24) is 14.9 Å². The average Bonchev–Trinajstić information content (AvgIpc) is 2.52. The van der Waals surface area contributed by atoms with Crippen molar-refractivity contribution < 1.29 is 0 Å². The van der Waals surface area contributed by atoms with Gasteiger partial charge in [0.05, 0.1) is 0 Å². The molecule has 0 amide bonds. The zero-order valence-electron chi connectivity index (χ0n) is 8.75. The second-order valence-electron chi connectivity index (χ2n) is 3.48. The van der Waals surface area contributed by atoms with Crippen LogP contribution in [0.2, 0.25) is 0 Å². The van der Waals surface area contributed by atoms with Gasteiger partial charge in [0.2, 0.25) is 0 Å². The van der Waals surface area contributed by atoms with Gasteiger partial charge in [-0.3, -0.25) is 0 Å². The number of rotatable bonds is 5. The molecule has 0 aromatic carbocycles. The first-order chi connectivity index (χ1) is 6.25. The molecule has 0 bridgehead atoms. The van der Waals surface area contributed by atoms with Crippen LogP contribution in [0.25, 0.3) is 0 Å². The molecule has 0 fully saturated rings. The Morgan fingerprint density at radius 1 is 1.62 bits per heavy atom. The molecular formula is C10H19N3. The zero-order valence-corrected chi connectivity index (χ0v) is 8.75. The molecule has 0 aliphatic carbocycles. The van der Waals surface area contributed by atoms with E-state index in [1.165, 1.54) is 12.8 Å². The second-order valence-corrected chi connectivity index (χ2v) is 3.48. The van der Waals surface area contributed by atoms with Crippen LogP contribution in [0.3, 0.4) is 0 Å². The third-order valence-corrected chi connectivity index (χ3v) is 2.39. The number of aryl methyl sites for hydroxylation is 1. The van der Waals surface area contributed by atoms with Crippen LogP contribution in [0.15, 0.2) is 12.4 Å². The average molecular weight is 181 g/mol. The van der Waals surface area contributed by atoms with Gasteiger partial charge >= 0.3 is 0 Å². The standard InChI is InChI=1S/C10H19N3/c1-9(5-4-6-11-3)13-8-7-12-10(13)2/h7-9,11H,4-6H2,1-3H3. The highest BCUT2D eigenvalue weighted by atomic mass is 15.1. The Morgan fingerprint density at radius 2 is 2.38 bits per heavy atom. The van der Waals surface area contributed by atoms with Gasteiger partial charge in [0.15, 0.2) is 0 Å². The molecule has 1 N–H and O–H groups in total. The highest BCUT2D eigenvalue weighted by molar-refractivity contribution is 4.91. The van der Waals surface area contributed by atoms with Gasteiger partial charge in [0.1, 0.15) is 5.82 Å². The van der Waals surface area contributed by atoms with E-state index in [0.29, 0.717) is 6.04 Å². The minimum Gasteiger partial charge on any atom is -0.332 e. The lowest BCUT2D eigenvalue weighted by molar-refractivity contribution is 0.474.